The molecule has 0 bridgehead atoms. The van der Waals surface area contributed by atoms with E-state index in [9.17, 15) is 19.1 Å². The summed E-state index contributed by atoms with van der Waals surface area (Å²) in [6.07, 6.45) is -6.20. The highest BCUT2D eigenvalue weighted by Gasteiger charge is 2.47. The number of rotatable bonds is 5. The lowest BCUT2D eigenvalue weighted by Crippen LogP contribution is -2.35. The Balaban J connectivity index is 1.56. The molecule has 6 nitrogen and oxygen atoms in total. The van der Waals surface area contributed by atoms with Gasteiger partial charge in [-0.3, -0.25) is 0 Å². The van der Waals surface area contributed by atoms with Crippen LogP contribution in [0.3, 0.4) is 0 Å². The molecule has 0 radical (unpaired) electrons. The van der Waals surface area contributed by atoms with Crippen LogP contribution in [0.4, 0.5) is 4.39 Å². The zero-order valence-electron chi connectivity index (χ0n) is 13.7. The molecule has 7 heteroatoms. The molecule has 0 aromatic heterocycles. The maximum atomic E-state index is 14.5. The van der Waals surface area contributed by atoms with Crippen LogP contribution in [0.15, 0.2) is 60.7 Å². The van der Waals surface area contributed by atoms with Gasteiger partial charge in [0.05, 0.1) is 11.1 Å². The van der Waals surface area contributed by atoms with Gasteiger partial charge in [-0.25, -0.2) is 14.0 Å². The molecule has 1 fully saturated rings. The second kappa shape index (κ2) is 8.07. The predicted molar refractivity (Wildman–Crippen MR) is 88.1 cm³/mol. The first kappa shape index (κ1) is 18.0. The third kappa shape index (κ3) is 4.07. The van der Waals surface area contributed by atoms with Gasteiger partial charge in [0.25, 0.3) is 0 Å². The molecule has 136 valence electrons. The van der Waals surface area contributed by atoms with Gasteiger partial charge >= 0.3 is 11.9 Å². The van der Waals surface area contributed by atoms with Crippen molar-refractivity contribution in [1.29, 1.82) is 0 Å². The summed E-state index contributed by atoms with van der Waals surface area (Å²) in [5, 5.41) is 9.83. The summed E-state index contributed by atoms with van der Waals surface area (Å²) < 4.78 is 29.5. The van der Waals surface area contributed by atoms with Crippen molar-refractivity contribution in [3.63, 3.8) is 0 Å². The zero-order chi connectivity index (χ0) is 18.5. The number of benzene rings is 2. The summed E-state index contributed by atoms with van der Waals surface area (Å²) in [6.45, 7) is -0.411. The summed E-state index contributed by atoms with van der Waals surface area (Å²) in [4.78, 5) is 23.9. The van der Waals surface area contributed by atoms with Crippen LogP contribution in [0.25, 0.3) is 0 Å². The van der Waals surface area contributed by atoms with Gasteiger partial charge in [0.2, 0.25) is 0 Å². The largest absolute Gasteiger partial charge is 0.459 e. The number of carbonyl (C=O) groups is 2. The molecule has 26 heavy (non-hydrogen) atoms. The third-order valence-electron chi connectivity index (χ3n) is 3.91. The Kier molecular flexibility index (Phi) is 5.60. The van der Waals surface area contributed by atoms with Crippen LogP contribution in [-0.2, 0) is 14.2 Å². The number of aliphatic hydroxyl groups excluding tert-OH is 1. The predicted octanol–water partition coefficient (Wildman–Crippen LogP) is 2.12. The first-order valence-corrected chi connectivity index (χ1v) is 8.02. The normalized spacial score (nSPS) is 24.8. The monoisotopic (exact) mass is 360 g/mol. The SMILES string of the molecule is O=C(OC[C@H]1O[C@@H](O)[C@@H](OC(=O)c2ccccc2)[C@@H]1F)c1ccccc1. The number of carbonyl (C=O) groups excluding carboxylic acids is 2. The molecule has 0 spiro atoms. The average Bonchev–Trinajstić information content (AvgIpc) is 2.95. The summed E-state index contributed by atoms with van der Waals surface area (Å²) in [5.41, 5.74) is 0.541. The van der Waals surface area contributed by atoms with E-state index in [1.165, 1.54) is 12.1 Å². The van der Waals surface area contributed by atoms with Crippen LogP contribution < -0.4 is 0 Å². The van der Waals surface area contributed by atoms with E-state index in [0.29, 0.717) is 5.56 Å². The minimum Gasteiger partial charge on any atom is -0.459 e. The van der Waals surface area contributed by atoms with Crippen molar-refractivity contribution in [1.82, 2.24) is 0 Å². The first-order chi connectivity index (χ1) is 12.6. The molecule has 1 aliphatic heterocycles. The number of hydrogen-bond acceptors (Lipinski definition) is 6. The topological polar surface area (TPSA) is 82.1 Å². The Morgan fingerprint density at radius 3 is 2.08 bits per heavy atom. The molecule has 1 aliphatic rings. The maximum absolute atomic E-state index is 14.5. The quantitative estimate of drug-likeness (QED) is 0.823. The third-order valence-corrected chi connectivity index (χ3v) is 3.91. The van der Waals surface area contributed by atoms with Gasteiger partial charge in [-0.05, 0) is 24.3 Å². The Bertz CT molecular complexity index is 751. The molecule has 4 atom stereocenters. The van der Waals surface area contributed by atoms with E-state index < -0.39 is 43.2 Å². The van der Waals surface area contributed by atoms with Crippen molar-refractivity contribution in [2.75, 3.05) is 6.61 Å². The molecule has 1 saturated heterocycles. The fraction of sp³-hybridized carbons (Fsp3) is 0.263. The standard InChI is InChI=1S/C19H17FO6/c20-15-14(11-24-17(21)12-7-3-1-4-8-12)25-19(23)16(15)26-18(22)13-9-5-2-6-10-13/h1-10,14-16,19,23H,11H2/t14-,15-,16+,19-/m1/s1. The highest BCUT2D eigenvalue weighted by molar-refractivity contribution is 5.89. The molecular formula is C19H17FO6. The Morgan fingerprint density at radius 2 is 1.50 bits per heavy atom. The second-order valence-corrected chi connectivity index (χ2v) is 5.71. The fourth-order valence-corrected chi connectivity index (χ4v) is 2.54. The van der Waals surface area contributed by atoms with E-state index in [2.05, 4.69) is 0 Å². The summed E-state index contributed by atoms with van der Waals surface area (Å²) in [5.74, 6) is -1.41. The maximum Gasteiger partial charge on any atom is 0.338 e. The van der Waals surface area contributed by atoms with E-state index in [-0.39, 0.29) is 5.56 Å². The lowest BCUT2D eigenvalue weighted by atomic mass is 10.1. The van der Waals surface area contributed by atoms with Crippen LogP contribution in [0.1, 0.15) is 20.7 Å². The molecule has 1 N–H and O–H groups in total. The zero-order valence-corrected chi connectivity index (χ0v) is 13.7. The number of halogens is 1. The van der Waals surface area contributed by atoms with Gasteiger partial charge in [-0.1, -0.05) is 36.4 Å². The summed E-state index contributed by atoms with van der Waals surface area (Å²) in [7, 11) is 0. The summed E-state index contributed by atoms with van der Waals surface area (Å²) in [6, 6.07) is 16.2. The molecule has 0 saturated carbocycles. The van der Waals surface area contributed by atoms with Gasteiger partial charge in [0.15, 0.2) is 18.6 Å². The van der Waals surface area contributed by atoms with Gasteiger partial charge in [0.1, 0.15) is 12.7 Å². The van der Waals surface area contributed by atoms with Crippen molar-refractivity contribution in [2.24, 2.45) is 0 Å². The van der Waals surface area contributed by atoms with Crippen LogP contribution in [0, 0.1) is 0 Å². The van der Waals surface area contributed by atoms with E-state index >= 15 is 0 Å². The minimum atomic E-state index is -1.83. The number of ether oxygens (including phenoxy) is 3. The van der Waals surface area contributed by atoms with E-state index in [0.717, 1.165) is 0 Å². The van der Waals surface area contributed by atoms with Crippen molar-refractivity contribution in [3.05, 3.63) is 71.8 Å². The second-order valence-electron chi connectivity index (χ2n) is 5.71. The lowest BCUT2D eigenvalue weighted by Gasteiger charge is -2.16. The smallest absolute Gasteiger partial charge is 0.338 e. The highest BCUT2D eigenvalue weighted by atomic mass is 19.1. The molecule has 0 unspecified atom stereocenters. The van der Waals surface area contributed by atoms with Crippen LogP contribution in [0.5, 0.6) is 0 Å². The molecule has 0 amide bonds. The van der Waals surface area contributed by atoms with Crippen molar-refractivity contribution < 1.29 is 33.3 Å². The number of alkyl halides is 1. The molecule has 2 aromatic rings. The summed E-state index contributed by atoms with van der Waals surface area (Å²) >= 11 is 0. The van der Waals surface area contributed by atoms with Crippen LogP contribution in [-0.4, -0.2) is 48.3 Å². The molecule has 0 aliphatic carbocycles. The van der Waals surface area contributed by atoms with Gasteiger partial charge in [-0.15, -0.1) is 0 Å². The van der Waals surface area contributed by atoms with Crippen molar-refractivity contribution in [2.45, 2.75) is 24.7 Å². The molecule has 2 aromatic carbocycles. The number of hydrogen-bond donors (Lipinski definition) is 1. The number of aliphatic hydroxyl groups is 1. The van der Waals surface area contributed by atoms with Crippen molar-refractivity contribution in [3.8, 4) is 0 Å². The highest BCUT2D eigenvalue weighted by Crippen LogP contribution is 2.26. The number of esters is 2. The van der Waals surface area contributed by atoms with E-state index in [1.807, 2.05) is 0 Å². The Labute approximate surface area is 149 Å². The Morgan fingerprint density at radius 1 is 0.962 bits per heavy atom. The minimum absolute atomic E-state index is 0.228. The Hall–Kier alpha value is -2.77. The van der Waals surface area contributed by atoms with E-state index in [4.69, 9.17) is 14.2 Å². The van der Waals surface area contributed by atoms with Gasteiger partial charge < -0.3 is 19.3 Å². The van der Waals surface area contributed by atoms with Crippen LogP contribution in [0.2, 0.25) is 0 Å². The van der Waals surface area contributed by atoms with E-state index in [1.54, 1.807) is 48.5 Å². The molecule has 3 rings (SSSR count). The van der Waals surface area contributed by atoms with Gasteiger partial charge in [0, 0.05) is 0 Å². The lowest BCUT2D eigenvalue weighted by molar-refractivity contribution is -0.135. The van der Waals surface area contributed by atoms with Crippen molar-refractivity contribution >= 4 is 11.9 Å². The fourth-order valence-electron chi connectivity index (χ4n) is 2.54. The van der Waals surface area contributed by atoms with Crippen LogP contribution >= 0.6 is 0 Å². The first-order valence-electron chi connectivity index (χ1n) is 8.02. The van der Waals surface area contributed by atoms with Gasteiger partial charge in [-0.2, -0.15) is 0 Å². The molecule has 1 heterocycles. The average molecular weight is 360 g/mol. The molecular weight excluding hydrogens is 343 g/mol.